The van der Waals surface area contributed by atoms with Crippen molar-refractivity contribution in [1.29, 1.82) is 0 Å². The molecule has 0 heterocycles. The van der Waals surface area contributed by atoms with Crippen LogP contribution in [0.2, 0.25) is 0 Å². The summed E-state index contributed by atoms with van der Waals surface area (Å²) in [5.74, 6) is 0.252. The highest BCUT2D eigenvalue weighted by atomic mass is 32.8. The Morgan fingerprint density at radius 1 is 1.21 bits per heavy atom. The van der Waals surface area contributed by atoms with Crippen LogP contribution in [0.25, 0.3) is 0 Å². The van der Waals surface area contributed by atoms with Gasteiger partial charge in [0.25, 0.3) is 0 Å². The Labute approximate surface area is 117 Å². The standard InChI is InChI=1S/C15H21O2PS/c1-10-11(2)13(4)15(12(10)3)18(19(5,16)17)14-8-6-7-9-14/h6-8,12H,9H2,1-5H3. The molecule has 2 unspecified atom stereocenters. The Balaban J connectivity index is 2.54. The number of allylic oxidation sites excluding steroid dienone is 8. The minimum absolute atomic E-state index is 0.252. The van der Waals surface area contributed by atoms with Crippen molar-refractivity contribution in [3.8, 4) is 0 Å². The van der Waals surface area contributed by atoms with E-state index in [4.69, 9.17) is 0 Å². The second kappa shape index (κ2) is 5.03. The lowest BCUT2D eigenvalue weighted by molar-refractivity contribution is 0.614. The maximum absolute atomic E-state index is 12.3. The van der Waals surface area contributed by atoms with E-state index in [1.807, 2.05) is 18.2 Å². The number of hydrogen-bond donors (Lipinski definition) is 0. The molecule has 4 heteroatoms. The third-order valence-electron chi connectivity index (χ3n) is 4.16. The SMILES string of the molecule is CC1=C(C)C(C)C(P(C2=CC=CC2)S(C)(=O)=O)=C1C. The topological polar surface area (TPSA) is 34.1 Å². The van der Waals surface area contributed by atoms with E-state index in [0.717, 1.165) is 17.0 Å². The van der Waals surface area contributed by atoms with Crippen molar-refractivity contribution in [2.45, 2.75) is 34.1 Å². The van der Waals surface area contributed by atoms with E-state index in [9.17, 15) is 8.42 Å². The highest BCUT2D eigenvalue weighted by Gasteiger charge is 2.37. The maximum Gasteiger partial charge on any atom is 0.172 e. The minimum Gasteiger partial charge on any atom is -0.224 e. The fourth-order valence-electron chi connectivity index (χ4n) is 2.80. The van der Waals surface area contributed by atoms with Crippen LogP contribution in [0.5, 0.6) is 0 Å². The molecule has 0 bridgehead atoms. The van der Waals surface area contributed by atoms with Crippen molar-refractivity contribution in [2.24, 2.45) is 5.92 Å². The molecule has 0 radical (unpaired) electrons. The molecule has 0 saturated carbocycles. The van der Waals surface area contributed by atoms with Gasteiger partial charge in [0.2, 0.25) is 0 Å². The predicted octanol–water partition coefficient (Wildman–Crippen LogP) is 4.53. The Hall–Kier alpha value is -0.660. The van der Waals surface area contributed by atoms with Crippen LogP contribution in [0.1, 0.15) is 34.1 Å². The first-order valence-electron chi connectivity index (χ1n) is 6.49. The first-order chi connectivity index (χ1) is 8.75. The second-order valence-corrected chi connectivity index (χ2v) is 11.6. The van der Waals surface area contributed by atoms with E-state index in [1.54, 1.807) is 0 Å². The molecule has 2 aliphatic rings. The molecule has 104 valence electrons. The number of rotatable bonds is 3. The van der Waals surface area contributed by atoms with Crippen LogP contribution >= 0.6 is 7.12 Å². The van der Waals surface area contributed by atoms with Gasteiger partial charge in [0.05, 0.1) is 7.12 Å². The molecule has 0 N–H and O–H groups in total. The lowest BCUT2D eigenvalue weighted by Crippen LogP contribution is -2.04. The van der Waals surface area contributed by atoms with E-state index in [2.05, 4.69) is 27.7 Å². The molecular formula is C15H21O2PS. The monoisotopic (exact) mass is 296 g/mol. The minimum atomic E-state index is -3.07. The molecule has 0 saturated heterocycles. The molecule has 0 aromatic rings. The summed E-state index contributed by atoms with van der Waals surface area (Å²) < 4.78 is 24.6. The molecule has 2 atom stereocenters. The van der Waals surface area contributed by atoms with E-state index >= 15 is 0 Å². The Bertz CT molecular complexity index is 633. The average molecular weight is 296 g/mol. The van der Waals surface area contributed by atoms with Crippen LogP contribution in [0.3, 0.4) is 0 Å². The lowest BCUT2D eigenvalue weighted by atomic mass is 10.1. The van der Waals surface area contributed by atoms with Gasteiger partial charge in [-0.15, -0.1) is 0 Å². The van der Waals surface area contributed by atoms with Gasteiger partial charge in [0, 0.05) is 12.2 Å². The van der Waals surface area contributed by atoms with Crippen molar-refractivity contribution in [3.05, 3.63) is 45.6 Å². The smallest absolute Gasteiger partial charge is 0.172 e. The third-order valence-corrected chi connectivity index (χ3v) is 10.1. The summed E-state index contributed by atoms with van der Waals surface area (Å²) in [6.07, 6.45) is 8.16. The fourth-order valence-corrected chi connectivity index (χ4v) is 9.05. The summed E-state index contributed by atoms with van der Waals surface area (Å²) in [6, 6.07) is 0. The number of hydrogen-bond acceptors (Lipinski definition) is 2. The van der Waals surface area contributed by atoms with E-state index in [1.165, 1.54) is 23.0 Å². The highest BCUT2D eigenvalue weighted by Crippen LogP contribution is 2.65. The Morgan fingerprint density at radius 3 is 2.21 bits per heavy atom. The van der Waals surface area contributed by atoms with Gasteiger partial charge in [0.15, 0.2) is 9.46 Å². The summed E-state index contributed by atoms with van der Waals surface area (Å²) in [6.45, 7) is 8.42. The van der Waals surface area contributed by atoms with Gasteiger partial charge < -0.3 is 0 Å². The molecule has 0 fully saturated rings. The summed E-state index contributed by atoms with van der Waals surface area (Å²) in [4.78, 5) is 0. The van der Waals surface area contributed by atoms with Crippen molar-refractivity contribution in [2.75, 3.05) is 6.26 Å². The van der Waals surface area contributed by atoms with Gasteiger partial charge in [-0.1, -0.05) is 30.7 Å². The van der Waals surface area contributed by atoms with E-state index in [-0.39, 0.29) is 5.92 Å². The van der Waals surface area contributed by atoms with Gasteiger partial charge in [0.1, 0.15) is 0 Å². The summed E-state index contributed by atoms with van der Waals surface area (Å²) in [5.41, 5.74) is 3.77. The molecule has 0 spiro atoms. The van der Waals surface area contributed by atoms with Gasteiger partial charge in [-0.05, 0) is 49.0 Å². The van der Waals surface area contributed by atoms with Gasteiger partial charge in [-0.2, -0.15) is 0 Å². The molecule has 0 aliphatic heterocycles. The van der Waals surface area contributed by atoms with Crippen LogP contribution in [0, 0.1) is 5.92 Å². The van der Waals surface area contributed by atoms with Crippen molar-refractivity contribution in [1.82, 2.24) is 0 Å². The van der Waals surface area contributed by atoms with Crippen molar-refractivity contribution >= 4 is 16.6 Å². The summed E-state index contributed by atoms with van der Waals surface area (Å²) in [7, 11) is -4.30. The average Bonchev–Trinajstić information content (AvgIpc) is 2.88. The molecule has 0 amide bonds. The highest BCUT2D eigenvalue weighted by molar-refractivity contribution is 8.52. The zero-order valence-corrected chi connectivity index (χ0v) is 13.9. The third kappa shape index (κ3) is 2.51. The zero-order chi connectivity index (χ0) is 14.4. The van der Waals surface area contributed by atoms with Crippen LogP contribution < -0.4 is 0 Å². The molecule has 2 aliphatic carbocycles. The van der Waals surface area contributed by atoms with Crippen molar-refractivity contribution in [3.63, 3.8) is 0 Å². The van der Waals surface area contributed by atoms with Crippen LogP contribution in [0.15, 0.2) is 45.6 Å². The first kappa shape index (κ1) is 14.7. The second-order valence-electron chi connectivity index (χ2n) is 5.36. The Morgan fingerprint density at radius 2 is 1.84 bits per heavy atom. The van der Waals surface area contributed by atoms with Crippen LogP contribution in [0.4, 0.5) is 0 Å². The molecule has 0 aromatic carbocycles. The van der Waals surface area contributed by atoms with Crippen LogP contribution in [-0.4, -0.2) is 14.7 Å². The van der Waals surface area contributed by atoms with E-state index < -0.39 is 16.6 Å². The summed E-state index contributed by atoms with van der Waals surface area (Å²) >= 11 is 0. The fraction of sp³-hybridized carbons (Fsp3) is 0.467. The lowest BCUT2D eigenvalue weighted by Gasteiger charge is -2.23. The molecule has 0 aromatic heterocycles. The van der Waals surface area contributed by atoms with E-state index in [0.29, 0.717) is 0 Å². The van der Waals surface area contributed by atoms with Gasteiger partial charge >= 0.3 is 0 Å². The normalized spacial score (nSPS) is 25.3. The van der Waals surface area contributed by atoms with Crippen LogP contribution in [-0.2, 0) is 9.46 Å². The molecule has 2 nitrogen and oxygen atoms in total. The van der Waals surface area contributed by atoms with Gasteiger partial charge in [-0.3, -0.25) is 0 Å². The van der Waals surface area contributed by atoms with Crippen molar-refractivity contribution < 1.29 is 8.42 Å². The molecule has 19 heavy (non-hydrogen) atoms. The quantitative estimate of drug-likeness (QED) is 0.717. The largest absolute Gasteiger partial charge is 0.224 e. The first-order valence-corrected chi connectivity index (χ1v) is 10.3. The molecule has 2 rings (SSSR count). The maximum atomic E-state index is 12.3. The predicted molar refractivity (Wildman–Crippen MR) is 83.8 cm³/mol. The Kier molecular flexibility index (Phi) is 3.90. The summed E-state index contributed by atoms with van der Waals surface area (Å²) in [5, 5.41) is 2.21. The zero-order valence-electron chi connectivity index (χ0n) is 12.2. The molecular weight excluding hydrogens is 275 g/mol. The van der Waals surface area contributed by atoms with Gasteiger partial charge in [-0.25, -0.2) is 8.42 Å².